The number of aromatic nitrogens is 5. The fraction of sp³-hybridized carbons (Fsp3) is 0.600. The molecule has 0 aromatic carbocycles. The number of rotatable bonds is 4. The first kappa shape index (κ1) is 14.7. The highest BCUT2D eigenvalue weighted by Gasteiger charge is 2.21. The number of amides is 1. The van der Waals surface area contributed by atoms with Gasteiger partial charge in [-0.05, 0) is 25.7 Å². The lowest BCUT2D eigenvalue weighted by Gasteiger charge is -2.11. The molecule has 1 aliphatic carbocycles. The zero-order chi connectivity index (χ0) is 15.5. The Balaban J connectivity index is 1.65. The van der Waals surface area contributed by atoms with Crippen LogP contribution in [0.2, 0.25) is 0 Å². The van der Waals surface area contributed by atoms with E-state index in [2.05, 4.69) is 25.7 Å². The quantitative estimate of drug-likeness (QED) is 0.834. The molecule has 22 heavy (non-hydrogen) atoms. The molecule has 0 bridgehead atoms. The molecule has 7 nitrogen and oxygen atoms in total. The molecule has 7 heteroatoms. The van der Waals surface area contributed by atoms with Crippen LogP contribution in [0.25, 0.3) is 0 Å². The molecule has 2 heterocycles. The third-order valence-corrected chi connectivity index (χ3v) is 4.28. The van der Waals surface area contributed by atoms with E-state index < -0.39 is 0 Å². The van der Waals surface area contributed by atoms with Crippen molar-refractivity contribution in [3.8, 4) is 0 Å². The van der Waals surface area contributed by atoms with Gasteiger partial charge >= 0.3 is 0 Å². The van der Waals surface area contributed by atoms with E-state index in [1.54, 1.807) is 6.33 Å². The monoisotopic (exact) mass is 302 g/mol. The normalized spacial score (nSPS) is 15.9. The van der Waals surface area contributed by atoms with Gasteiger partial charge in [0.1, 0.15) is 12.2 Å². The molecular formula is C15H22N6O. The molecule has 0 spiro atoms. The van der Waals surface area contributed by atoms with Crippen molar-refractivity contribution in [1.29, 1.82) is 0 Å². The van der Waals surface area contributed by atoms with Crippen molar-refractivity contribution in [2.75, 3.05) is 6.54 Å². The molecule has 0 saturated heterocycles. The predicted molar refractivity (Wildman–Crippen MR) is 81.6 cm³/mol. The minimum atomic E-state index is -0.103. The molecule has 1 atom stereocenters. The van der Waals surface area contributed by atoms with Crippen molar-refractivity contribution in [3.63, 3.8) is 0 Å². The van der Waals surface area contributed by atoms with E-state index in [1.807, 2.05) is 18.5 Å². The van der Waals surface area contributed by atoms with Gasteiger partial charge in [-0.25, -0.2) is 0 Å². The lowest BCUT2D eigenvalue weighted by Crippen LogP contribution is -2.29. The van der Waals surface area contributed by atoms with Crippen LogP contribution in [-0.2, 0) is 19.9 Å². The van der Waals surface area contributed by atoms with Crippen LogP contribution in [-0.4, -0.2) is 37.4 Å². The Morgan fingerprint density at radius 3 is 3.00 bits per heavy atom. The molecule has 2 aromatic heterocycles. The molecule has 0 aliphatic heterocycles. The average Bonchev–Trinajstić information content (AvgIpc) is 3.04. The Morgan fingerprint density at radius 1 is 1.41 bits per heavy atom. The van der Waals surface area contributed by atoms with Crippen molar-refractivity contribution in [2.45, 2.75) is 44.9 Å². The third kappa shape index (κ3) is 2.88. The van der Waals surface area contributed by atoms with Gasteiger partial charge in [0.15, 0.2) is 5.69 Å². The van der Waals surface area contributed by atoms with E-state index in [9.17, 15) is 4.79 Å². The number of nitrogens with zero attached hydrogens (tertiary/aromatic N) is 4. The molecule has 0 radical (unpaired) electrons. The number of carbonyl (C=O) groups excluding carboxylic acids is 1. The Labute approximate surface area is 129 Å². The van der Waals surface area contributed by atoms with Gasteiger partial charge in [-0.3, -0.25) is 9.89 Å². The maximum Gasteiger partial charge on any atom is 0.272 e. The van der Waals surface area contributed by atoms with Crippen LogP contribution >= 0.6 is 0 Å². The van der Waals surface area contributed by atoms with Crippen LogP contribution in [0.15, 0.2) is 6.33 Å². The number of hydrogen-bond donors (Lipinski definition) is 2. The molecule has 0 fully saturated rings. The van der Waals surface area contributed by atoms with Gasteiger partial charge in [0.25, 0.3) is 5.91 Å². The molecule has 1 aliphatic rings. The summed E-state index contributed by atoms with van der Waals surface area (Å²) in [5.41, 5.74) is 2.78. The maximum absolute atomic E-state index is 12.4. The Kier molecular flexibility index (Phi) is 4.22. The summed E-state index contributed by atoms with van der Waals surface area (Å²) in [4.78, 5) is 12.4. The number of aryl methyl sites for hydroxylation is 2. The minimum absolute atomic E-state index is 0.103. The van der Waals surface area contributed by atoms with Crippen LogP contribution in [0.5, 0.6) is 0 Å². The van der Waals surface area contributed by atoms with E-state index in [0.29, 0.717) is 12.2 Å². The molecule has 2 N–H and O–H groups in total. The Hall–Kier alpha value is -2.18. The summed E-state index contributed by atoms with van der Waals surface area (Å²) in [6, 6.07) is 0. The first-order valence-electron chi connectivity index (χ1n) is 7.85. The average molecular weight is 302 g/mol. The van der Waals surface area contributed by atoms with Crippen molar-refractivity contribution >= 4 is 5.91 Å². The topological polar surface area (TPSA) is 88.5 Å². The third-order valence-electron chi connectivity index (χ3n) is 4.28. The van der Waals surface area contributed by atoms with Crippen molar-refractivity contribution in [3.05, 3.63) is 29.1 Å². The number of H-pyrrole nitrogens is 1. The zero-order valence-corrected chi connectivity index (χ0v) is 13.1. The molecule has 2 aromatic rings. The van der Waals surface area contributed by atoms with E-state index in [1.165, 1.54) is 12.8 Å². The molecule has 0 saturated carbocycles. The smallest absolute Gasteiger partial charge is 0.272 e. The van der Waals surface area contributed by atoms with Crippen molar-refractivity contribution < 1.29 is 4.79 Å². The number of carbonyl (C=O) groups is 1. The summed E-state index contributed by atoms with van der Waals surface area (Å²) < 4.78 is 1.87. The summed E-state index contributed by atoms with van der Waals surface area (Å²) in [7, 11) is 1.90. The number of hydrogen-bond acceptors (Lipinski definition) is 4. The summed E-state index contributed by atoms with van der Waals surface area (Å²) in [5.74, 6) is 0.864. The lowest BCUT2D eigenvalue weighted by atomic mass is 10.1. The highest BCUT2D eigenvalue weighted by atomic mass is 16.1. The Morgan fingerprint density at radius 2 is 2.23 bits per heavy atom. The molecule has 0 unspecified atom stereocenters. The summed E-state index contributed by atoms with van der Waals surface area (Å²) in [6.45, 7) is 2.54. The van der Waals surface area contributed by atoms with Crippen molar-refractivity contribution in [1.82, 2.24) is 30.3 Å². The highest BCUT2D eigenvalue weighted by molar-refractivity contribution is 5.94. The van der Waals surface area contributed by atoms with Gasteiger partial charge in [-0.2, -0.15) is 5.10 Å². The maximum atomic E-state index is 12.4. The second-order valence-electron chi connectivity index (χ2n) is 6.00. The molecular weight excluding hydrogens is 280 g/mol. The SMILES string of the molecule is C[C@@H](CNC(=O)c1n[nH]c2c1CCCCC2)c1nncn1C. The molecule has 118 valence electrons. The predicted octanol–water partition coefficient (Wildman–Crippen LogP) is 1.34. The van der Waals surface area contributed by atoms with Gasteiger partial charge in [0.2, 0.25) is 0 Å². The first-order valence-corrected chi connectivity index (χ1v) is 7.85. The van der Waals surface area contributed by atoms with E-state index in [4.69, 9.17) is 0 Å². The molecule has 1 amide bonds. The van der Waals surface area contributed by atoms with Gasteiger partial charge in [-0.1, -0.05) is 13.3 Å². The Bertz CT molecular complexity index is 659. The zero-order valence-electron chi connectivity index (χ0n) is 13.1. The second kappa shape index (κ2) is 6.29. The number of nitrogens with one attached hydrogen (secondary N) is 2. The van der Waals surface area contributed by atoms with E-state index in [-0.39, 0.29) is 11.8 Å². The van der Waals surface area contributed by atoms with Gasteiger partial charge in [-0.15, -0.1) is 10.2 Å². The van der Waals surface area contributed by atoms with E-state index in [0.717, 1.165) is 36.3 Å². The van der Waals surface area contributed by atoms with Gasteiger partial charge in [0.05, 0.1) is 0 Å². The fourth-order valence-corrected chi connectivity index (χ4v) is 3.00. The highest BCUT2D eigenvalue weighted by Crippen LogP contribution is 2.21. The molecule has 3 rings (SSSR count). The van der Waals surface area contributed by atoms with Gasteiger partial charge in [0, 0.05) is 30.8 Å². The number of fused-ring (bicyclic) bond motifs is 1. The lowest BCUT2D eigenvalue weighted by molar-refractivity contribution is 0.0945. The largest absolute Gasteiger partial charge is 0.350 e. The summed E-state index contributed by atoms with van der Waals surface area (Å²) >= 11 is 0. The van der Waals surface area contributed by atoms with Crippen LogP contribution < -0.4 is 5.32 Å². The second-order valence-corrected chi connectivity index (χ2v) is 6.00. The fourth-order valence-electron chi connectivity index (χ4n) is 3.00. The first-order chi connectivity index (χ1) is 10.7. The van der Waals surface area contributed by atoms with Crippen molar-refractivity contribution in [2.24, 2.45) is 7.05 Å². The number of aromatic amines is 1. The van der Waals surface area contributed by atoms with Crippen LogP contribution in [0.1, 0.15) is 59.7 Å². The van der Waals surface area contributed by atoms with E-state index >= 15 is 0 Å². The summed E-state index contributed by atoms with van der Waals surface area (Å²) in [5, 5.41) is 18.2. The van der Waals surface area contributed by atoms with Crippen LogP contribution in [0.3, 0.4) is 0 Å². The van der Waals surface area contributed by atoms with Crippen LogP contribution in [0, 0.1) is 0 Å². The minimum Gasteiger partial charge on any atom is -0.350 e. The summed E-state index contributed by atoms with van der Waals surface area (Å²) in [6.07, 6.45) is 7.11. The van der Waals surface area contributed by atoms with Gasteiger partial charge < -0.3 is 9.88 Å². The standard InChI is InChI=1S/C15H22N6O/c1-10(14-20-17-9-21(14)2)8-16-15(22)13-11-6-4-3-5-7-12(11)18-19-13/h9-10H,3-8H2,1-2H3,(H,16,22)(H,18,19)/t10-/m0/s1. The van der Waals surface area contributed by atoms with Crippen LogP contribution in [0.4, 0.5) is 0 Å².